The highest BCUT2D eigenvalue weighted by Crippen LogP contribution is 2.30. The van der Waals surface area contributed by atoms with Crippen LogP contribution in [0.4, 0.5) is 14.4 Å². The summed E-state index contributed by atoms with van der Waals surface area (Å²) in [5.74, 6) is -0.653. The minimum absolute atomic E-state index is 0.00888. The smallest absolute Gasteiger partial charge is 0.461 e. The zero-order valence-corrected chi connectivity index (χ0v) is 22.1. The first-order valence-electron chi connectivity index (χ1n) is 12.4. The molecule has 0 saturated carbocycles. The fourth-order valence-corrected chi connectivity index (χ4v) is 2.90. The van der Waals surface area contributed by atoms with Gasteiger partial charge < -0.3 is 38.9 Å². The largest absolute Gasteiger partial charge is 0.514 e. The number of carbonyl (C=O) groups is 4. The number of hydrogen-bond donors (Lipinski definition) is 1. The Morgan fingerprint density at radius 1 is 0.769 bits per heavy atom. The third kappa shape index (κ3) is 11.7. The quantitative estimate of drug-likeness (QED) is 0.212. The lowest BCUT2D eigenvalue weighted by molar-refractivity contribution is -0.148. The lowest BCUT2D eigenvalue weighted by atomic mass is 10.1. The number of esters is 1. The molecule has 0 saturated heterocycles. The van der Waals surface area contributed by atoms with Crippen molar-refractivity contribution >= 4 is 24.4 Å². The summed E-state index contributed by atoms with van der Waals surface area (Å²) in [6, 6.07) is 11.5. The Bertz CT molecular complexity index is 1090. The second-order valence-electron chi connectivity index (χ2n) is 8.22. The van der Waals surface area contributed by atoms with Gasteiger partial charge in [0.25, 0.3) is 0 Å². The molecule has 2 atom stereocenters. The van der Waals surface area contributed by atoms with E-state index in [0.29, 0.717) is 24.2 Å². The van der Waals surface area contributed by atoms with E-state index in [1.807, 2.05) is 13.8 Å². The predicted molar refractivity (Wildman–Crippen MR) is 137 cm³/mol. The number of benzene rings is 2. The van der Waals surface area contributed by atoms with Crippen LogP contribution in [0.3, 0.4) is 0 Å². The fraction of sp³-hybridized carbons (Fsp3) is 0.407. The molecule has 0 aliphatic heterocycles. The number of nitrogens with two attached hydrogens (primary N) is 1. The summed E-state index contributed by atoms with van der Waals surface area (Å²) >= 11 is 0. The van der Waals surface area contributed by atoms with E-state index in [1.54, 1.807) is 30.3 Å². The Kier molecular flexibility index (Phi) is 13.1. The molecular weight excluding hydrogens is 514 g/mol. The van der Waals surface area contributed by atoms with Gasteiger partial charge in [-0.3, -0.25) is 4.79 Å². The number of hydrogen-bond acceptors (Lipinski definition) is 12. The maximum Gasteiger partial charge on any atom is 0.514 e. The van der Waals surface area contributed by atoms with Crippen molar-refractivity contribution in [3.05, 3.63) is 54.1 Å². The Hall–Kier alpha value is -4.32. The van der Waals surface area contributed by atoms with Crippen molar-refractivity contribution in [2.24, 2.45) is 5.73 Å². The van der Waals surface area contributed by atoms with E-state index < -0.39 is 36.6 Å². The summed E-state index contributed by atoms with van der Waals surface area (Å²) in [5, 5.41) is 0. The van der Waals surface area contributed by atoms with Crippen LogP contribution in [0.1, 0.15) is 39.2 Å². The van der Waals surface area contributed by atoms with E-state index in [2.05, 4.69) is 0 Å². The first-order valence-corrected chi connectivity index (χ1v) is 12.4. The van der Waals surface area contributed by atoms with Crippen LogP contribution in [0.25, 0.3) is 0 Å². The fourth-order valence-electron chi connectivity index (χ4n) is 2.90. The molecule has 39 heavy (non-hydrogen) atoms. The molecule has 0 aromatic heterocycles. The van der Waals surface area contributed by atoms with Crippen LogP contribution in [0.15, 0.2) is 48.5 Å². The Labute approximate surface area is 226 Å². The molecule has 0 unspecified atom stereocenters. The van der Waals surface area contributed by atoms with Crippen molar-refractivity contribution in [1.82, 2.24) is 0 Å². The number of rotatable bonds is 13. The summed E-state index contributed by atoms with van der Waals surface area (Å²) in [6.45, 7) is 5.20. The van der Waals surface area contributed by atoms with E-state index >= 15 is 0 Å². The van der Waals surface area contributed by atoms with Crippen molar-refractivity contribution < 1.29 is 52.3 Å². The molecule has 2 aromatic carbocycles. The van der Waals surface area contributed by atoms with E-state index in [4.69, 9.17) is 38.9 Å². The Morgan fingerprint density at radius 2 is 1.38 bits per heavy atom. The van der Waals surface area contributed by atoms with Gasteiger partial charge in [0.05, 0.1) is 13.2 Å². The standard InChI is InChI=1S/C27H33NO11/c1-4-13-33-25(30)38-22-12-11-19(16-23(22)39-26(31)34-14-5-2)15-21(28)24(29)35-17-18(3)36-27(32)37-20-9-7-6-8-10-20/h6-12,16,18,21H,4-5,13-15,17,28H2,1-3H3/t18-,21-/m0/s1. The molecule has 212 valence electrons. The first-order chi connectivity index (χ1) is 18.7. The lowest BCUT2D eigenvalue weighted by Gasteiger charge is -2.16. The van der Waals surface area contributed by atoms with Crippen LogP contribution in [0.2, 0.25) is 0 Å². The number of carbonyl (C=O) groups excluding carboxylic acids is 4. The number of para-hydroxylation sites is 1. The molecule has 2 aromatic rings. The predicted octanol–water partition coefficient (Wildman–Crippen LogP) is 4.55. The monoisotopic (exact) mass is 547 g/mol. The molecule has 0 radical (unpaired) electrons. The minimum atomic E-state index is -1.10. The van der Waals surface area contributed by atoms with E-state index in [9.17, 15) is 19.2 Å². The third-order valence-electron chi connectivity index (χ3n) is 4.70. The van der Waals surface area contributed by atoms with Crippen molar-refractivity contribution in [1.29, 1.82) is 0 Å². The summed E-state index contributed by atoms with van der Waals surface area (Å²) in [4.78, 5) is 48.1. The molecule has 12 heteroatoms. The van der Waals surface area contributed by atoms with Crippen molar-refractivity contribution in [2.75, 3.05) is 19.8 Å². The van der Waals surface area contributed by atoms with E-state index in [0.717, 1.165) is 0 Å². The van der Waals surface area contributed by atoms with Crippen LogP contribution in [-0.2, 0) is 30.2 Å². The topological polar surface area (TPSA) is 159 Å². The molecule has 2 N–H and O–H groups in total. The van der Waals surface area contributed by atoms with E-state index in [1.165, 1.54) is 25.1 Å². The minimum Gasteiger partial charge on any atom is -0.461 e. The third-order valence-corrected chi connectivity index (χ3v) is 4.70. The molecule has 2 rings (SSSR count). The average Bonchev–Trinajstić information content (AvgIpc) is 2.91. The Balaban J connectivity index is 1.94. The molecular formula is C27H33NO11. The summed E-state index contributed by atoms with van der Waals surface area (Å²) in [5.41, 5.74) is 6.46. The summed E-state index contributed by atoms with van der Waals surface area (Å²) in [6.07, 6.45) is -2.54. The van der Waals surface area contributed by atoms with Crippen LogP contribution in [0.5, 0.6) is 17.2 Å². The van der Waals surface area contributed by atoms with Crippen molar-refractivity contribution in [3.8, 4) is 17.2 Å². The number of ether oxygens (including phenoxy) is 7. The van der Waals surface area contributed by atoms with Gasteiger partial charge in [-0.1, -0.05) is 38.1 Å². The van der Waals surface area contributed by atoms with Gasteiger partial charge in [0.15, 0.2) is 11.5 Å². The molecule has 0 aliphatic rings. The molecule has 0 amide bonds. The van der Waals surface area contributed by atoms with Gasteiger partial charge in [-0.15, -0.1) is 0 Å². The van der Waals surface area contributed by atoms with Crippen molar-refractivity contribution in [3.63, 3.8) is 0 Å². The van der Waals surface area contributed by atoms with Crippen LogP contribution >= 0.6 is 0 Å². The van der Waals surface area contributed by atoms with Gasteiger partial charge in [0.2, 0.25) is 0 Å². The maximum absolute atomic E-state index is 12.4. The molecule has 0 heterocycles. The second-order valence-corrected chi connectivity index (χ2v) is 8.22. The average molecular weight is 548 g/mol. The van der Waals surface area contributed by atoms with Gasteiger partial charge in [-0.05, 0) is 56.0 Å². The SMILES string of the molecule is CCCOC(=O)Oc1ccc(C[C@H](N)C(=O)OC[C@H](C)OC(=O)Oc2ccccc2)cc1OC(=O)OCCC. The zero-order chi connectivity index (χ0) is 28.6. The second kappa shape index (κ2) is 16.5. The maximum atomic E-state index is 12.4. The van der Waals surface area contributed by atoms with Gasteiger partial charge in [-0.2, -0.15) is 0 Å². The molecule has 0 aliphatic carbocycles. The Morgan fingerprint density at radius 3 is 2.00 bits per heavy atom. The van der Waals surface area contributed by atoms with Gasteiger partial charge in [-0.25, -0.2) is 14.4 Å². The summed E-state index contributed by atoms with van der Waals surface area (Å²) < 4.78 is 35.4. The van der Waals surface area contributed by atoms with Crippen LogP contribution in [0, 0.1) is 0 Å². The highest BCUT2D eigenvalue weighted by Gasteiger charge is 2.21. The van der Waals surface area contributed by atoms with E-state index in [-0.39, 0.29) is 37.7 Å². The molecule has 0 bridgehead atoms. The van der Waals surface area contributed by atoms with Crippen LogP contribution < -0.4 is 19.9 Å². The molecule has 0 spiro atoms. The van der Waals surface area contributed by atoms with Gasteiger partial charge in [0.1, 0.15) is 24.5 Å². The molecule has 12 nitrogen and oxygen atoms in total. The normalized spacial score (nSPS) is 11.9. The van der Waals surface area contributed by atoms with Gasteiger partial charge in [0, 0.05) is 0 Å². The highest BCUT2D eigenvalue weighted by atomic mass is 16.7. The summed E-state index contributed by atoms with van der Waals surface area (Å²) in [7, 11) is 0. The molecule has 0 fully saturated rings. The first kappa shape index (κ1) is 30.9. The zero-order valence-electron chi connectivity index (χ0n) is 22.1. The van der Waals surface area contributed by atoms with Gasteiger partial charge >= 0.3 is 24.4 Å². The van der Waals surface area contributed by atoms with Crippen LogP contribution in [-0.4, -0.2) is 56.4 Å². The lowest BCUT2D eigenvalue weighted by Crippen LogP contribution is -2.36. The van der Waals surface area contributed by atoms with Crippen molar-refractivity contribution in [2.45, 2.75) is 52.2 Å². The highest BCUT2D eigenvalue weighted by molar-refractivity contribution is 5.76.